The maximum absolute atomic E-state index is 7.28. The average molecular weight is 858 g/mol. The van der Waals surface area contributed by atoms with E-state index in [4.69, 9.17) is 4.74 Å². The zero-order valence-electron chi connectivity index (χ0n) is 35.8. The number of thiophene rings is 1. The first-order valence-electron chi connectivity index (χ1n) is 22.7. The molecule has 0 fully saturated rings. The van der Waals surface area contributed by atoms with Crippen molar-refractivity contribution in [2.75, 3.05) is 4.90 Å². The van der Waals surface area contributed by atoms with Crippen LogP contribution in [-0.2, 0) is 5.41 Å². The molecule has 12 aromatic rings. The summed E-state index contributed by atoms with van der Waals surface area (Å²) in [6.07, 6.45) is 0. The van der Waals surface area contributed by atoms with Crippen LogP contribution in [0.4, 0.5) is 17.1 Å². The molecule has 0 atom stereocenters. The Bertz CT molecular complexity index is 3850. The minimum absolute atomic E-state index is 0.654. The van der Waals surface area contributed by atoms with E-state index in [2.05, 4.69) is 241 Å². The average Bonchev–Trinajstić information content (AvgIpc) is 3.90. The van der Waals surface area contributed by atoms with E-state index in [1.807, 2.05) is 11.3 Å². The molecule has 0 N–H and O–H groups in total. The van der Waals surface area contributed by atoms with Gasteiger partial charge in [0.25, 0.3) is 0 Å². The third kappa shape index (κ3) is 5.29. The van der Waals surface area contributed by atoms with Gasteiger partial charge in [0.15, 0.2) is 0 Å². The van der Waals surface area contributed by atoms with Crippen molar-refractivity contribution >= 4 is 70.1 Å². The van der Waals surface area contributed by atoms with Crippen molar-refractivity contribution in [2.45, 2.75) is 5.41 Å². The van der Waals surface area contributed by atoms with Crippen molar-refractivity contribution in [3.63, 3.8) is 0 Å². The Balaban J connectivity index is 1.05. The number of para-hydroxylation sites is 2. The number of benzene rings is 11. The number of fused-ring (bicyclic) bond motifs is 16. The van der Waals surface area contributed by atoms with Crippen LogP contribution in [0.5, 0.6) is 11.5 Å². The van der Waals surface area contributed by atoms with E-state index in [0.29, 0.717) is 0 Å². The fraction of sp³-hybridized carbons (Fsp3) is 0.0159. The highest BCUT2D eigenvalue weighted by molar-refractivity contribution is 7.25. The van der Waals surface area contributed by atoms with Crippen LogP contribution in [0.3, 0.4) is 0 Å². The zero-order chi connectivity index (χ0) is 43.3. The standard InChI is InChI=1S/C63H39NOS/c1-2-16-40(17-3-1)45-20-9-13-27-57(45)64(44-33-37-60-52(39-44)51-25-11-15-29-59(51)66-60)58-28-14-10-21-46(58)43-30-34-50-49-24-8-12-26-53(49)63(56(50)38-43)54-35-31-41-18-4-6-22-47(41)61(54)65-62-48-23-7-5-19-42(48)32-36-55(62)63/h1-39H. The summed E-state index contributed by atoms with van der Waals surface area (Å²) in [6.45, 7) is 0. The van der Waals surface area contributed by atoms with E-state index < -0.39 is 5.41 Å². The molecule has 0 amide bonds. The summed E-state index contributed by atoms with van der Waals surface area (Å²) in [4.78, 5) is 2.48. The fourth-order valence-electron chi connectivity index (χ4n) is 11.3. The lowest BCUT2D eigenvalue weighted by molar-refractivity contribution is 0.447. The van der Waals surface area contributed by atoms with Crippen molar-refractivity contribution in [1.29, 1.82) is 0 Å². The zero-order valence-corrected chi connectivity index (χ0v) is 36.6. The van der Waals surface area contributed by atoms with Gasteiger partial charge >= 0.3 is 0 Å². The summed E-state index contributed by atoms with van der Waals surface area (Å²) >= 11 is 1.85. The predicted octanol–water partition coefficient (Wildman–Crippen LogP) is 17.6. The van der Waals surface area contributed by atoms with Gasteiger partial charge < -0.3 is 9.64 Å². The van der Waals surface area contributed by atoms with E-state index in [1.165, 1.54) is 53.6 Å². The highest BCUT2D eigenvalue weighted by Crippen LogP contribution is 2.64. The molecule has 0 unspecified atom stereocenters. The Morgan fingerprint density at radius 2 is 0.879 bits per heavy atom. The molecule has 2 aliphatic rings. The molecule has 11 aromatic carbocycles. The SMILES string of the molecule is c1ccc(-c2ccccc2N(c2ccc3sc4ccccc4c3c2)c2ccccc2-c2ccc3c(c2)C2(c4ccccc4-3)c3ccc4ccccc4c3Oc3c2ccc2ccccc32)cc1. The first-order chi connectivity index (χ1) is 32.7. The molecule has 1 aliphatic heterocycles. The van der Waals surface area contributed by atoms with Crippen molar-refractivity contribution in [2.24, 2.45) is 0 Å². The molecule has 0 bridgehead atoms. The maximum atomic E-state index is 7.28. The van der Waals surface area contributed by atoms with Gasteiger partial charge in [0.1, 0.15) is 11.5 Å². The van der Waals surface area contributed by atoms with Crippen LogP contribution < -0.4 is 9.64 Å². The van der Waals surface area contributed by atoms with E-state index in [-0.39, 0.29) is 0 Å². The molecule has 1 aliphatic carbocycles. The number of hydrogen-bond acceptors (Lipinski definition) is 3. The summed E-state index contributed by atoms with van der Waals surface area (Å²) in [5.41, 5.74) is 14.7. The van der Waals surface area contributed by atoms with Gasteiger partial charge in [-0.1, -0.05) is 194 Å². The van der Waals surface area contributed by atoms with Gasteiger partial charge in [0.05, 0.1) is 16.8 Å². The second kappa shape index (κ2) is 14.4. The lowest BCUT2D eigenvalue weighted by atomic mass is 9.65. The van der Waals surface area contributed by atoms with Crippen LogP contribution in [0, 0.1) is 0 Å². The Labute approximate surface area is 386 Å². The Kier molecular flexibility index (Phi) is 8.10. The van der Waals surface area contributed by atoms with Gasteiger partial charge in [-0.15, -0.1) is 11.3 Å². The normalized spacial score (nSPS) is 13.1. The smallest absolute Gasteiger partial charge is 0.140 e. The molecule has 66 heavy (non-hydrogen) atoms. The summed E-state index contributed by atoms with van der Waals surface area (Å²) in [7, 11) is 0. The summed E-state index contributed by atoms with van der Waals surface area (Å²) in [6, 6.07) is 87.1. The van der Waals surface area contributed by atoms with E-state index in [9.17, 15) is 0 Å². The number of nitrogens with zero attached hydrogens (tertiary/aromatic N) is 1. The molecule has 0 saturated heterocycles. The van der Waals surface area contributed by atoms with Gasteiger partial charge in [0.2, 0.25) is 0 Å². The minimum Gasteiger partial charge on any atom is -0.455 e. The lowest BCUT2D eigenvalue weighted by Crippen LogP contribution is -2.32. The van der Waals surface area contributed by atoms with Gasteiger partial charge in [-0.25, -0.2) is 0 Å². The molecule has 3 heteroatoms. The Morgan fingerprint density at radius 3 is 1.59 bits per heavy atom. The third-order valence-corrected chi connectivity index (χ3v) is 15.3. The van der Waals surface area contributed by atoms with Crippen LogP contribution in [0.15, 0.2) is 237 Å². The molecule has 1 aromatic heterocycles. The highest BCUT2D eigenvalue weighted by atomic mass is 32.1. The summed E-state index contributed by atoms with van der Waals surface area (Å²) in [5, 5.41) is 7.10. The monoisotopic (exact) mass is 857 g/mol. The minimum atomic E-state index is -0.654. The van der Waals surface area contributed by atoms with Crippen molar-refractivity contribution < 1.29 is 4.74 Å². The number of rotatable bonds is 5. The Hall–Kier alpha value is -8.24. The molecular weight excluding hydrogens is 819 g/mol. The molecule has 2 nitrogen and oxygen atoms in total. The van der Waals surface area contributed by atoms with Crippen molar-refractivity contribution in [3.8, 4) is 44.9 Å². The quantitative estimate of drug-likeness (QED) is 0.171. The number of ether oxygens (including phenoxy) is 1. The molecule has 14 rings (SSSR count). The topological polar surface area (TPSA) is 12.5 Å². The van der Waals surface area contributed by atoms with Crippen LogP contribution in [0.2, 0.25) is 0 Å². The molecule has 0 radical (unpaired) electrons. The van der Waals surface area contributed by atoms with E-state index in [0.717, 1.165) is 72.4 Å². The first kappa shape index (κ1) is 37.2. The second-order valence-corrected chi connectivity index (χ2v) is 18.6. The number of anilines is 3. The lowest BCUT2D eigenvalue weighted by Gasteiger charge is -2.40. The van der Waals surface area contributed by atoms with E-state index >= 15 is 0 Å². The summed E-state index contributed by atoms with van der Waals surface area (Å²) in [5.74, 6) is 1.84. The molecule has 1 spiro atoms. The van der Waals surface area contributed by atoms with Crippen molar-refractivity contribution in [1.82, 2.24) is 0 Å². The highest BCUT2D eigenvalue weighted by Gasteiger charge is 2.52. The molecule has 2 heterocycles. The largest absolute Gasteiger partial charge is 0.455 e. The van der Waals surface area contributed by atoms with Crippen LogP contribution >= 0.6 is 11.3 Å². The van der Waals surface area contributed by atoms with Crippen LogP contribution in [0.1, 0.15) is 22.3 Å². The fourth-order valence-corrected chi connectivity index (χ4v) is 12.4. The van der Waals surface area contributed by atoms with Crippen LogP contribution in [-0.4, -0.2) is 0 Å². The molecule has 308 valence electrons. The van der Waals surface area contributed by atoms with Crippen molar-refractivity contribution in [3.05, 3.63) is 259 Å². The van der Waals surface area contributed by atoms with Gasteiger partial charge in [-0.3, -0.25) is 0 Å². The maximum Gasteiger partial charge on any atom is 0.140 e. The first-order valence-corrected chi connectivity index (χ1v) is 23.5. The van der Waals surface area contributed by atoms with Crippen LogP contribution in [0.25, 0.3) is 75.1 Å². The second-order valence-electron chi connectivity index (χ2n) is 17.5. The van der Waals surface area contributed by atoms with E-state index in [1.54, 1.807) is 0 Å². The third-order valence-electron chi connectivity index (χ3n) is 14.1. The number of hydrogen-bond donors (Lipinski definition) is 0. The van der Waals surface area contributed by atoms with Gasteiger partial charge in [0, 0.05) is 58.9 Å². The van der Waals surface area contributed by atoms with Gasteiger partial charge in [-0.2, -0.15) is 0 Å². The Morgan fingerprint density at radius 1 is 0.333 bits per heavy atom. The molecular formula is C63H39NOS. The van der Waals surface area contributed by atoms with Gasteiger partial charge in [-0.05, 0) is 86.6 Å². The predicted molar refractivity (Wildman–Crippen MR) is 277 cm³/mol. The summed E-state index contributed by atoms with van der Waals surface area (Å²) < 4.78 is 9.86. The molecule has 0 saturated carbocycles.